The van der Waals surface area contributed by atoms with Gasteiger partial charge in [-0.05, 0) is 59.7 Å². The topological polar surface area (TPSA) is 97.7 Å². The summed E-state index contributed by atoms with van der Waals surface area (Å²) in [4.78, 5) is 23.4. The van der Waals surface area contributed by atoms with Crippen molar-refractivity contribution in [3.63, 3.8) is 0 Å². The highest BCUT2D eigenvalue weighted by atomic mass is 19.1. The Morgan fingerprint density at radius 2 is 1.68 bits per heavy atom. The summed E-state index contributed by atoms with van der Waals surface area (Å²) >= 11 is 0. The number of rotatable bonds is 4. The molecule has 2 aromatic carbocycles. The average molecular weight is 375 g/mol. The Morgan fingerprint density at radius 3 is 2.36 bits per heavy atom. The first kappa shape index (κ1) is 17.4. The Hall–Kier alpha value is -4.00. The highest BCUT2D eigenvalue weighted by Crippen LogP contribution is 2.29. The van der Waals surface area contributed by atoms with E-state index in [2.05, 4.69) is 5.10 Å². The van der Waals surface area contributed by atoms with Gasteiger partial charge < -0.3 is 10.8 Å². The number of carboxylic acid groups (broad SMARTS) is 1. The summed E-state index contributed by atoms with van der Waals surface area (Å²) in [7, 11) is 0. The fraction of sp³-hybridized carbons (Fsp3) is 0. The number of nitrogens with zero attached hydrogens (tertiary/aromatic N) is 2. The van der Waals surface area contributed by atoms with Crippen molar-refractivity contribution >= 4 is 17.4 Å². The van der Waals surface area contributed by atoms with E-state index in [0.717, 1.165) is 0 Å². The largest absolute Gasteiger partial charge is 0.478 e. The van der Waals surface area contributed by atoms with Crippen LogP contribution < -0.4 is 5.73 Å². The third-order valence-electron chi connectivity index (χ3n) is 4.44. The van der Waals surface area contributed by atoms with Crippen molar-refractivity contribution in [1.29, 1.82) is 0 Å². The standard InChI is InChI=1S/C21H14FN3O3/c22-16-6-4-12(5-7-16)19-18(20(23)26)17-11-14(8-9-25(17)24-19)13-2-1-3-15(10-13)21(27)28/h1-11H,(H2,23,26)(H,27,28). The van der Waals surface area contributed by atoms with Gasteiger partial charge in [-0.15, -0.1) is 0 Å². The van der Waals surface area contributed by atoms with E-state index < -0.39 is 17.7 Å². The van der Waals surface area contributed by atoms with E-state index in [4.69, 9.17) is 5.73 Å². The van der Waals surface area contributed by atoms with Crippen LogP contribution in [0.4, 0.5) is 4.39 Å². The fourth-order valence-corrected chi connectivity index (χ4v) is 3.11. The number of carbonyl (C=O) groups is 2. The zero-order valence-corrected chi connectivity index (χ0v) is 14.5. The molecule has 0 fully saturated rings. The number of benzene rings is 2. The second-order valence-electron chi connectivity index (χ2n) is 6.23. The normalized spacial score (nSPS) is 10.9. The first-order chi connectivity index (χ1) is 13.4. The van der Waals surface area contributed by atoms with E-state index in [0.29, 0.717) is 27.9 Å². The van der Waals surface area contributed by atoms with Crippen molar-refractivity contribution in [2.24, 2.45) is 5.73 Å². The predicted octanol–water partition coefficient (Wildman–Crippen LogP) is 3.60. The van der Waals surface area contributed by atoms with Crippen molar-refractivity contribution in [2.75, 3.05) is 0 Å². The zero-order valence-electron chi connectivity index (χ0n) is 14.5. The van der Waals surface area contributed by atoms with Crippen LogP contribution >= 0.6 is 0 Å². The fourth-order valence-electron chi connectivity index (χ4n) is 3.11. The van der Waals surface area contributed by atoms with Crippen LogP contribution in [-0.2, 0) is 0 Å². The number of primary amides is 1. The van der Waals surface area contributed by atoms with Gasteiger partial charge in [0.25, 0.3) is 5.91 Å². The van der Waals surface area contributed by atoms with Gasteiger partial charge in [-0.2, -0.15) is 5.10 Å². The smallest absolute Gasteiger partial charge is 0.335 e. The molecule has 0 saturated carbocycles. The van der Waals surface area contributed by atoms with Crippen LogP contribution in [0.5, 0.6) is 0 Å². The summed E-state index contributed by atoms with van der Waals surface area (Å²) in [6, 6.07) is 15.6. The van der Waals surface area contributed by atoms with Gasteiger partial charge in [-0.3, -0.25) is 4.79 Å². The molecular weight excluding hydrogens is 361 g/mol. The number of hydrogen-bond donors (Lipinski definition) is 2. The van der Waals surface area contributed by atoms with Crippen LogP contribution in [0, 0.1) is 5.82 Å². The quantitative estimate of drug-likeness (QED) is 0.569. The molecular formula is C21H14FN3O3. The van der Waals surface area contributed by atoms with Gasteiger partial charge >= 0.3 is 5.97 Å². The average Bonchev–Trinajstić information content (AvgIpc) is 3.07. The number of hydrogen-bond acceptors (Lipinski definition) is 3. The van der Waals surface area contributed by atoms with Crippen LogP contribution in [0.1, 0.15) is 20.7 Å². The summed E-state index contributed by atoms with van der Waals surface area (Å²) in [6.45, 7) is 0. The molecule has 0 radical (unpaired) electrons. The number of aromatic carboxylic acids is 1. The third-order valence-corrected chi connectivity index (χ3v) is 4.44. The first-order valence-electron chi connectivity index (χ1n) is 8.36. The maximum Gasteiger partial charge on any atom is 0.335 e. The lowest BCUT2D eigenvalue weighted by atomic mass is 10.0. The molecule has 0 aliphatic rings. The number of fused-ring (bicyclic) bond motifs is 1. The van der Waals surface area contributed by atoms with Crippen molar-refractivity contribution < 1.29 is 19.1 Å². The van der Waals surface area contributed by atoms with Crippen molar-refractivity contribution in [3.8, 4) is 22.4 Å². The van der Waals surface area contributed by atoms with Gasteiger partial charge in [-0.1, -0.05) is 12.1 Å². The number of halogens is 1. The highest BCUT2D eigenvalue weighted by molar-refractivity contribution is 6.06. The molecule has 0 atom stereocenters. The van der Waals surface area contributed by atoms with Crippen molar-refractivity contribution in [3.05, 3.63) is 83.8 Å². The Kier molecular flexibility index (Phi) is 4.12. The number of nitrogens with two attached hydrogens (primary N) is 1. The minimum atomic E-state index is -1.02. The van der Waals surface area contributed by atoms with Gasteiger partial charge in [0, 0.05) is 11.8 Å². The molecule has 1 amide bonds. The summed E-state index contributed by atoms with van der Waals surface area (Å²) in [5.74, 6) is -2.08. The SMILES string of the molecule is NC(=O)c1c(-c2ccc(F)cc2)nn2ccc(-c3cccc(C(=O)O)c3)cc12. The number of pyridine rings is 1. The van der Waals surface area contributed by atoms with Crippen LogP contribution in [0.15, 0.2) is 66.9 Å². The Labute approximate surface area is 158 Å². The van der Waals surface area contributed by atoms with Crippen LogP contribution in [0.2, 0.25) is 0 Å². The molecule has 4 aromatic rings. The van der Waals surface area contributed by atoms with Crippen LogP contribution in [-0.4, -0.2) is 26.6 Å². The van der Waals surface area contributed by atoms with Crippen LogP contribution in [0.3, 0.4) is 0 Å². The molecule has 0 bridgehead atoms. The molecule has 0 aliphatic carbocycles. The monoisotopic (exact) mass is 375 g/mol. The summed E-state index contributed by atoms with van der Waals surface area (Å²) in [5, 5.41) is 13.6. The molecule has 0 saturated heterocycles. The van der Waals surface area contributed by atoms with Gasteiger partial charge in [0.2, 0.25) is 0 Å². The molecule has 0 unspecified atom stereocenters. The highest BCUT2D eigenvalue weighted by Gasteiger charge is 2.19. The molecule has 28 heavy (non-hydrogen) atoms. The second kappa shape index (κ2) is 6.62. The number of amides is 1. The Bertz CT molecular complexity index is 1230. The van der Waals surface area contributed by atoms with Gasteiger partial charge in [0.05, 0.1) is 16.6 Å². The molecule has 0 spiro atoms. The molecule has 7 heteroatoms. The predicted molar refractivity (Wildman–Crippen MR) is 101 cm³/mol. The maximum absolute atomic E-state index is 13.2. The number of aromatic nitrogens is 2. The zero-order chi connectivity index (χ0) is 19.8. The summed E-state index contributed by atoms with van der Waals surface area (Å²) in [6.07, 6.45) is 1.66. The Balaban J connectivity index is 1.91. The van der Waals surface area contributed by atoms with E-state index in [1.165, 1.54) is 34.8 Å². The van der Waals surface area contributed by atoms with Crippen molar-refractivity contribution in [1.82, 2.24) is 9.61 Å². The maximum atomic E-state index is 13.2. The van der Waals surface area contributed by atoms with Gasteiger partial charge in [0.1, 0.15) is 11.5 Å². The first-order valence-corrected chi connectivity index (χ1v) is 8.36. The number of carboxylic acids is 1. The lowest BCUT2D eigenvalue weighted by Crippen LogP contribution is -2.11. The molecule has 0 aliphatic heterocycles. The van der Waals surface area contributed by atoms with E-state index in [1.807, 2.05) is 0 Å². The summed E-state index contributed by atoms with van der Waals surface area (Å²) < 4.78 is 14.8. The minimum Gasteiger partial charge on any atom is -0.478 e. The molecule has 3 N–H and O–H groups in total. The lowest BCUT2D eigenvalue weighted by molar-refractivity contribution is 0.0696. The van der Waals surface area contributed by atoms with E-state index in [-0.39, 0.29) is 11.1 Å². The van der Waals surface area contributed by atoms with Gasteiger partial charge in [-0.25, -0.2) is 13.7 Å². The van der Waals surface area contributed by atoms with E-state index >= 15 is 0 Å². The number of carbonyl (C=O) groups excluding carboxylic acids is 1. The molecule has 6 nitrogen and oxygen atoms in total. The second-order valence-corrected chi connectivity index (χ2v) is 6.23. The lowest BCUT2D eigenvalue weighted by Gasteiger charge is -2.04. The molecule has 2 heterocycles. The molecule has 4 rings (SSSR count). The summed E-state index contributed by atoms with van der Waals surface area (Å²) in [5.41, 5.74) is 8.76. The van der Waals surface area contributed by atoms with Crippen LogP contribution in [0.25, 0.3) is 27.9 Å². The van der Waals surface area contributed by atoms with E-state index in [9.17, 15) is 19.1 Å². The van der Waals surface area contributed by atoms with E-state index in [1.54, 1.807) is 36.5 Å². The van der Waals surface area contributed by atoms with Gasteiger partial charge in [0.15, 0.2) is 0 Å². The third kappa shape index (κ3) is 2.99. The minimum absolute atomic E-state index is 0.160. The molecule has 2 aromatic heterocycles. The Morgan fingerprint density at radius 1 is 0.964 bits per heavy atom. The molecule has 138 valence electrons. The van der Waals surface area contributed by atoms with Crippen molar-refractivity contribution in [2.45, 2.75) is 0 Å².